The van der Waals surface area contributed by atoms with Gasteiger partial charge in [0.2, 0.25) is 0 Å². The number of aryl methyl sites for hydroxylation is 5. The lowest BCUT2D eigenvalue weighted by atomic mass is 10.0. The molecule has 2 aromatic rings. The molecule has 0 heterocycles. The first-order chi connectivity index (χ1) is 15.5. The third kappa shape index (κ3) is 11.8. The Kier molecular flexibility index (Phi) is 15.8. The summed E-state index contributed by atoms with van der Waals surface area (Å²) in [5.41, 5.74) is 7.46. The topological polar surface area (TPSA) is 44.3 Å². The van der Waals surface area contributed by atoms with Gasteiger partial charge in [-0.1, -0.05) is 56.3 Å². The number of rotatable bonds is 10. The molecule has 3 rings (SSSR count). The molecule has 2 aromatic carbocycles. The van der Waals surface area contributed by atoms with Gasteiger partial charge < -0.3 is 15.7 Å². The summed E-state index contributed by atoms with van der Waals surface area (Å²) in [5.74, 6) is 0. The molecular weight excluding hydrogens is 392 g/mol. The van der Waals surface area contributed by atoms with Gasteiger partial charge in [0, 0.05) is 12.6 Å². The number of nitrogens with one attached hydrogen (secondary N) is 2. The van der Waals surface area contributed by atoms with E-state index in [0.29, 0.717) is 6.04 Å². The number of aliphatic hydroxyl groups is 1. The van der Waals surface area contributed by atoms with Gasteiger partial charge in [0.25, 0.3) is 0 Å². The molecule has 0 bridgehead atoms. The maximum Gasteiger partial charge on any atom is 0.0445 e. The maximum atomic E-state index is 8.99. The van der Waals surface area contributed by atoms with Crippen LogP contribution in [0.5, 0.6) is 0 Å². The highest BCUT2D eigenvalue weighted by molar-refractivity contribution is 5.39. The number of benzene rings is 2. The van der Waals surface area contributed by atoms with Crippen LogP contribution in [0.25, 0.3) is 0 Å². The van der Waals surface area contributed by atoms with Gasteiger partial charge in [-0.25, -0.2) is 0 Å². The third-order valence-corrected chi connectivity index (χ3v) is 5.99. The minimum Gasteiger partial charge on any atom is -0.396 e. The summed E-state index contributed by atoms with van der Waals surface area (Å²) in [6, 6.07) is 15.7. The molecule has 0 spiro atoms. The van der Waals surface area contributed by atoms with Gasteiger partial charge in [0.15, 0.2) is 0 Å². The van der Waals surface area contributed by atoms with Crippen LogP contribution >= 0.6 is 0 Å². The van der Waals surface area contributed by atoms with Crippen molar-refractivity contribution < 1.29 is 5.11 Å². The van der Waals surface area contributed by atoms with Gasteiger partial charge in [0.1, 0.15) is 0 Å². The van der Waals surface area contributed by atoms with Crippen LogP contribution in [0.4, 0.5) is 0 Å². The standard InChI is InChI=1S/C14H23NO.C11H14.C4H11N/c1-2-11-15-14(10-12-16)9-8-13-6-4-3-5-7-13;1-8-6-10-4-3-5-11(10)7-9(8)2;1-3-4-5-2/h3-7,14-16H,2,8-12H2,1H3;6-7H,3-5H2,1-2H3;5H,3-4H2,1-2H3. The van der Waals surface area contributed by atoms with E-state index in [1.165, 1.54) is 42.4 Å². The predicted molar refractivity (Wildman–Crippen MR) is 141 cm³/mol. The Hall–Kier alpha value is -1.68. The molecule has 0 amide bonds. The van der Waals surface area contributed by atoms with E-state index in [9.17, 15) is 0 Å². The summed E-state index contributed by atoms with van der Waals surface area (Å²) in [6.45, 7) is 11.2. The zero-order valence-electron chi connectivity index (χ0n) is 21.3. The molecule has 0 aromatic heterocycles. The number of hydrogen-bond donors (Lipinski definition) is 3. The maximum absolute atomic E-state index is 8.99. The summed E-state index contributed by atoms with van der Waals surface area (Å²) in [6.07, 6.45) is 9.38. The number of aliphatic hydroxyl groups excluding tert-OH is 1. The van der Waals surface area contributed by atoms with Gasteiger partial charge in [-0.2, -0.15) is 0 Å². The lowest BCUT2D eigenvalue weighted by Crippen LogP contribution is -2.31. The molecule has 1 aliphatic carbocycles. The van der Waals surface area contributed by atoms with Gasteiger partial charge in [-0.05, 0) is 113 Å². The second-order valence-electron chi connectivity index (χ2n) is 8.85. The Morgan fingerprint density at radius 1 is 0.875 bits per heavy atom. The van der Waals surface area contributed by atoms with E-state index in [0.717, 1.165) is 38.8 Å². The second kappa shape index (κ2) is 17.8. The average molecular weight is 441 g/mol. The molecule has 0 saturated carbocycles. The van der Waals surface area contributed by atoms with E-state index >= 15 is 0 Å². The first-order valence-corrected chi connectivity index (χ1v) is 12.7. The first-order valence-electron chi connectivity index (χ1n) is 12.7. The first kappa shape index (κ1) is 28.4. The number of fused-ring (bicyclic) bond motifs is 1. The lowest BCUT2D eigenvalue weighted by Gasteiger charge is -2.17. The molecule has 0 aliphatic heterocycles. The molecule has 32 heavy (non-hydrogen) atoms. The Bertz CT molecular complexity index is 684. The molecule has 0 saturated heterocycles. The minimum absolute atomic E-state index is 0.274. The van der Waals surface area contributed by atoms with Crippen LogP contribution in [0.2, 0.25) is 0 Å². The van der Waals surface area contributed by atoms with Gasteiger partial charge in [-0.3, -0.25) is 0 Å². The van der Waals surface area contributed by atoms with Crippen molar-refractivity contribution in [2.75, 3.05) is 26.7 Å². The Labute approximate surface area is 198 Å². The fraction of sp³-hybridized carbons (Fsp3) is 0.586. The van der Waals surface area contributed by atoms with E-state index in [4.69, 9.17) is 5.11 Å². The van der Waals surface area contributed by atoms with Gasteiger partial charge >= 0.3 is 0 Å². The van der Waals surface area contributed by atoms with Crippen molar-refractivity contribution in [2.24, 2.45) is 0 Å². The number of hydrogen-bond acceptors (Lipinski definition) is 3. The Balaban J connectivity index is 0.000000275. The van der Waals surface area contributed by atoms with Crippen LogP contribution < -0.4 is 10.6 Å². The molecule has 1 atom stereocenters. The SMILES string of the molecule is CCCNC.CCCNC(CCO)CCc1ccccc1.Cc1cc2c(cc1C)CCC2. The summed E-state index contributed by atoms with van der Waals surface area (Å²) in [7, 11) is 1.96. The largest absolute Gasteiger partial charge is 0.396 e. The monoisotopic (exact) mass is 440 g/mol. The van der Waals surface area contributed by atoms with E-state index in [1.807, 2.05) is 13.1 Å². The van der Waals surface area contributed by atoms with Crippen LogP contribution in [-0.4, -0.2) is 37.9 Å². The highest BCUT2D eigenvalue weighted by Crippen LogP contribution is 2.24. The fourth-order valence-electron chi connectivity index (χ4n) is 3.96. The molecule has 0 fully saturated rings. The zero-order chi connectivity index (χ0) is 23.6. The molecular formula is C29H48N2O. The molecule has 1 unspecified atom stereocenters. The van der Waals surface area contributed by atoms with Crippen molar-refractivity contribution in [3.63, 3.8) is 0 Å². The molecule has 3 N–H and O–H groups in total. The van der Waals surface area contributed by atoms with Crippen LogP contribution in [0.15, 0.2) is 42.5 Å². The van der Waals surface area contributed by atoms with E-state index in [-0.39, 0.29) is 6.61 Å². The van der Waals surface area contributed by atoms with Crippen LogP contribution in [0, 0.1) is 13.8 Å². The third-order valence-electron chi connectivity index (χ3n) is 5.99. The smallest absolute Gasteiger partial charge is 0.0445 e. The zero-order valence-corrected chi connectivity index (χ0v) is 21.3. The van der Waals surface area contributed by atoms with Crippen molar-refractivity contribution >= 4 is 0 Å². The van der Waals surface area contributed by atoms with Crippen LogP contribution in [0.3, 0.4) is 0 Å². The normalized spacial score (nSPS) is 12.8. The molecule has 3 heteroatoms. The molecule has 0 radical (unpaired) electrons. The van der Waals surface area contributed by atoms with Crippen molar-refractivity contribution in [3.8, 4) is 0 Å². The van der Waals surface area contributed by atoms with Crippen LogP contribution in [0.1, 0.15) is 73.8 Å². The Morgan fingerprint density at radius 2 is 1.47 bits per heavy atom. The second-order valence-corrected chi connectivity index (χ2v) is 8.85. The molecule has 1 aliphatic rings. The van der Waals surface area contributed by atoms with Crippen molar-refractivity contribution in [1.29, 1.82) is 0 Å². The summed E-state index contributed by atoms with van der Waals surface area (Å²) in [4.78, 5) is 0. The van der Waals surface area contributed by atoms with Gasteiger partial charge in [-0.15, -0.1) is 0 Å². The summed E-state index contributed by atoms with van der Waals surface area (Å²) in [5, 5.41) is 15.5. The quantitative estimate of drug-likeness (QED) is 0.439. The summed E-state index contributed by atoms with van der Waals surface area (Å²) < 4.78 is 0. The van der Waals surface area contributed by atoms with E-state index in [1.54, 1.807) is 11.1 Å². The van der Waals surface area contributed by atoms with E-state index < -0.39 is 0 Å². The molecule has 3 nitrogen and oxygen atoms in total. The van der Waals surface area contributed by atoms with E-state index in [2.05, 4.69) is 74.7 Å². The highest BCUT2D eigenvalue weighted by atomic mass is 16.3. The van der Waals surface area contributed by atoms with Crippen molar-refractivity contribution in [2.45, 2.75) is 85.1 Å². The highest BCUT2D eigenvalue weighted by Gasteiger charge is 2.11. The minimum atomic E-state index is 0.274. The van der Waals surface area contributed by atoms with Gasteiger partial charge in [0.05, 0.1) is 0 Å². The summed E-state index contributed by atoms with van der Waals surface area (Å²) >= 11 is 0. The lowest BCUT2D eigenvalue weighted by molar-refractivity contribution is 0.260. The predicted octanol–water partition coefficient (Wildman–Crippen LogP) is 5.78. The average Bonchev–Trinajstić information content (AvgIpc) is 3.25. The Morgan fingerprint density at radius 3 is 1.94 bits per heavy atom. The fourth-order valence-corrected chi connectivity index (χ4v) is 3.96. The van der Waals surface area contributed by atoms with Crippen molar-refractivity contribution in [3.05, 3.63) is 70.3 Å². The van der Waals surface area contributed by atoms with Crippen LogP contribution in [-0.2, 0) is 19.3 Å². The van der Waals surface area contributed by atoms with Crippen molar-refractivity contribution in [1.82, 2.24) is 10.6 Å². The molecule has 180 valence electrons.